The molecule has 0 aromatic heterocycles. The van der Waals surface area contributed by atoms with Crippen molar-refractivity contribution in [2.24, 2.45) is 4.99 Å². The molecule has 0 spiro atoms. The van der Waals surface area contributed by atoms with Crippen molar-refractivity contribution >= 4 is 29.9 Å². The molecule has 5 nitrogen and oxygen atoms in total. The third kappa shape index (κ3) is 8.43. The predicted molar refractivity (Wildman–Crippen MR) is 103 cm³/mol. The SMILES string of the molecule is CCNC(=NCCOC)NCCc1ccccc1OCC.I. The summed E-state index contributed by atoms with van der Waals surface area (Å²) >= 11 is 0. The lowest BCUT2D eigenvalue weighted by molar-refractivity contribution is 0.208. The molecule has 0 unspecified atom stereocenters. The highest BCUT2D eigenvalue weighted by molar-refractivity contribution is 14.0. The first kappa shape index (κ1) is 21.0. The molecule has 1 aromatic carbocycles. The van der Waals surface area contributed by atoms with Crippen molar-refractivity contribution in [1.82, 2.24) is 10.6 Å². The van der Waals surface area contributed by atoms with Crippen molar-refractivity contribution in [3.05, 3.63) is 29.8 Å². The molecule has 22 heavy (non-hydrogen) atoms. The molecule has 126 valence electrons. The van der Waals surface area contributed by atoms with Gasteiger partial charge >= 0.3 is 0 Å². The van der Waals surface area contributed by atoms with E-state index >= 15 is 0 Å². The van der Waals surface area contributed by atoms with Gasteiger partial charge in [0.2, 0.25) is 0 Å². The Morgan fingerprint density at radius 1 is 1.18 bits per heavy atom. The maximum absolute atomic E-state index is 5.63. The molecule has 1 rings (SSSR count). The van der Waals surface area contributed by atoms with E-state index in [4.69, 9.17) is 9.47 Å². The van der Waals surface area contributed by atoms with E-state index in [9.17, 15) is 0 Å². The summed E-state index contributed by atoms with van der Waals surface area (Å²) in [4.78, 5) is 4.43. The minimum atomic E-state index is 0. The molecule has 0 atom stereocenters. The van der Waals surface area contributed by atoms with E-state index in [0.29, 0.717) is 19.8 Å². The summed E-state index contributed by atoms with van der Waals surface area (Å²) in [5.74, 6) is 1.78. The lowest BCUT2D eigenvalue weighted by Crippen LogP contribution is -2.38. The first-order chi connectivity index (χ1) is 10.3. The minimum absolute atomic E-state index is 0. The van der Waals surface area contributed by atoms with E-state index < -0.39 is 0 Å². The highest BCUT2D eigenvalue weighted by atomic mass is 127. The Morgan fingerprint density at radius 3 is 2.64 bits per heavy atom. The van der Waals surface area contributed by atoms with Gasteiger partial charge in [-0.2, -0.15) is 0 Å². The Kier molecular flexibility index (Phi) is 13.0. The number of guanidine groups is 1. The molecule has 0 heterocycles. The van der Waals surface area contributed by atoms with Crippen LogP contribution in [-0.4, -0.2) is 45.9 Å². The lowest BCUT2D eigenvalue weighted by Gasteiger charge is -2.13. The first-order valence-electron chi connectivity index (χ1n) is 7.53. The molecule has 0 radical (unpaired) electrons. The summed E-state index contributed by atoms with van der Waals surface area (Å²) in [6.07, 6.45) is 0.894. The molecule has 0 fully saturated rings. The van der Waals surface area contributed by atoms with Crippen molar-refractivity contribution in [3.63, 3.8) is 0 Å². The average molecular weight is 421 g/mol. The van der Waals surface area contributed by atoms with Crippen LogP contribution in [0.3, 0.4) is 0 Å². The summed E-state index contributed by atoms with van der Waals surface area (Å²) in [5.41, 5.74) is 1.21. The summed E-state index contributed by atoms with van der Waals surface area (Å²) in [5, 5.41) is 6.54. The van der Waals surface area contributed by atoms with Gasteiger partial charge < -0.3 is 20.1 Å². The van der Waals surface area contributed by atoms with Gasteiger partial charge in [0.25, 0.3) is 0 Å². The fraction of sp³-hybridized carbons (Fsp3) is 0.562. The molecule has 0 saturated carbocycles. The molecule has 0 bridgehead atoms. The van der Waals surface area contributed by atoms with E-state index in [0.717, 1.165) is 31.2 Å². The molecule has 6 heteroatoms. The topological polar surface area (TPSA) is 54.9 Å². The van der Waals surface area contributed by atoms with Crippen molar-refractivity contribution in [1.29, 1.82) is 0 Å². The van der Waals surface area contributed by atoms with Crippen LogP contribution in [0.25, 0.3) is 0 Å². The standard InChI is InChI=1S/C16H27N3O2.HI/c1-4-17-16(19-12-13-20-3)18-11-10-14-8-6-7-9-15(14)21-5-2;/h6-9H,4-5,10-13H2,1-3H3,(H2,17,18,19);1H. The minimum Gasteiger partial charge on any atom is -0.494 e. The molecular formula is C16H28IN3O2. The van der Waals surface area contributed by atoms with Gasteiger partial charge in [-0.25, -0.2) is 0 Å². The van der Waals surface area contributed by atoms with Gasteiger partial charge in [0.1, 0.15) is 5.75 Å². The van der Waals surface area contributed by atoms with Crippen molar-refractivity contribution < 1.29 is 9.47 Å². The Hall–Kier alpha value is -1.02. The van der Waals surface area contributed by atoms with Crippen LogP contribution in [0.5, 0.6) is 5.75 Å². The van der Waals surface area contributed by atoms with Gasteiger partial charge in [0, 0.05) is 20.2 Å². The van der Waals surface area contributed by atoms with Crippen LogP contribution in [-0.2, 0) is 11.2 Å². The van der Waals surface area contributed by atoms with E-state index in [1.54, 1.807) is 7.11 Å². The first-order valence-corrected chi connectivity index (χ1v) is 7.53. The fourth-order valence-electron chi connectivity index (χ4n) is 1.91. The van der Waals surface area contributed by atoms with Crippen molar-refractivity contribution in [3.8, 4) is 5.75 Å². The van der Waals surface area contributed by atoms with Crippen LogP contribution in [0.2, 0.25) is 0 Å². The van der Waals surface area contributed by atoms with E-state index in [1.165, 1.54) is 5.56 Å². The zero-order chi connectivity index (χ0) is 15.3. The van der Waals surface area contributed by atoms with Crippen LogP contribution in [0, 0.1) is 0 Å². The van der Waals surface area contributed by atoms with Crippen molar-refractivity contribution in [2.45, 2.75) is 20.3 Å². The average Bonchev–Trinajstić information content (AvgIpc) is 2.49. The van der Waals surface area contributed by atoms with Crippen LogP contribution >= 0.6 is 24.0 Å². The molecule has 0 amide bonds. The predicted octanol–water partition coefficient (Wildman–Crippen LogP) is 2.45. The number of ether oxygens (including phenoxy) is 2. The summed E-state index contributed by atoms with van der Waals surface area (Å²) in [6, 6.07) is 8.15. The summed E-state index contributed by atoms with van der Waals surface area (Å²) in [6.45, 7) is 7.67. The number of nitrogens with zero attached hydrogens (tertiary/aromatic N) is 1. The largest absolute Gasteiger partial charge is 0.494 e. The van der Waals surface area contributed by atoms with Gasteiger partial charge in [-0.3, -0.25) is 4.99 Å². The molecule has 0 aliphatic heterocycles. The number of hydrogen-bond acceptors (Lipinski definition) is 3. The highest BCUT2D eigenvalue weighted by Crippen LogP contribution is 2.17. The molecule has 1 aromatic rings. The van der Waals surface area contributed by atoms with Gasteiger partial charge in [0.15, 0.2) is 5.96 Å². The smallest absolute Gasteiger partial charge is 0.191 e. The van der Waals surface area contributed by atoms with E-state index in [1.807, 2.05) is 25.1 Å². The van der Waals surface area contributed by atoms with Gasteiger partial charge in [0.05, 0.1) is 19.8 Å². The summed E-state index contributed by atoms with van der Waals surface area (Å²) in [7, 11) is 1.68. The third-order valence-corrected chi connectivity index (χ3v) is 2.87. The normalized spacial score (nSPS) is 10.8. The molecule has 0 saturated heterocycles. The van der Waals surface area contributed by atoms with Crippen LogP contribution in [0.4, 0.5) is 0 Å². The quantitative estimate of drug-likeness (QED) is 0.279. The Bertz CT molecular complexity index is 428. The van der Waals surface area contributed by atoms with Crippen molar-refractivity contribution in [2.75, 3.05) is 40.0 Å². The van der Waals surface area contributed by atoms with Gasteiger partial charge in [-0.1, -0.05) is 18.2 Å². The second-order valence-corrected chi connectivity index (χ2v) is 4.47. The third-order valence-electron chi connectivity index (χ3n) is 2.87. The number of methoxy groups -OCH3 is 1. The van der Waals surface area contributed by atoms with Crippen LogP contribution in [0.15, 0.2) is 29.3 Å². The zero-order valence-corrected chi connectivity index (χ0v) is 16.1. The lowest BCUT2D eigenvalue weighted by atomic mass is 10.1. The maximum atomic E-state index is 5.63. The monoisotopic (exact) mass is 421 g/mol. The number of halogens is 1. The Labute approximate surface area is 150 Å². The van der Waals surface area contributed by atoms with E-state index in [-0.39, 0.29) is 24.0 Å². The maximum Gasteiger partial charge on any atom is 0.191 e. The Balaban J connectivity index is 0.00000441. The fourth-order valence-corrected chi connectivity index (χ4v) is 1.91. The van der Waals surface area contributed by atoms with Crippen LogP contribution in [0.1, 0.15) is 19.4 Å². The zero-order valence-electron chi connectivity index (χ0n) is 13.7. The highest BCUT2D eigenvalue weighted by Gasteiger charge is 2.03. The molecular weight excluding hydrogens is 393 g/mol. The van der Waals surface area contributed by atoms with Crippen LogP contribution < -0.4 is 15.4 Å². The number of benzene rings is 1. The molecule has 2 N–H and O–H groups in total. The number of aliphatic imine (C=N–C) groups is 1. The van der Waals surface area contributed by atoms with Gasteiger partial charge in [-0.05, 0) is 31.9 Å². The van der Waals surface area contributed by atoms with E-state index in [2.05, 4.69) is 28.6 Å². The molecule has 0 aliphatic carbocycles. The summed E-state index contributed by atoms with van der Waals surface area (Å²) < 4.78 is 10.6. The molecule has 0 aliphatic rings. The number of hydrogen-bond donors (Lipinski definition) is 2. The number of rotatable bonds is 9. The van der Waals surface area contributed by atoms with Gasteiger partial charge in [-0.15, -0.1) is 24.0 Å². The second kappa shape index (κ2) is 13.6. The number of para-hydroxylation sites is 1. The Morgan fingerprint density at radius 2 is 1.95 bits per heavy atom. The number of nitrogens with one attached hydrogen (secondary N) is 2. The second-order valence-electron chi connectivity index (χ2n) is 4.47.